The molecule has 1 amide bonds. The lowest BCUT2D eigenvalue weighted by Gasteiger charge is -2.46. The summed E-state index contributed by atoms with van der Waals surface area (Å²) < 4.78 is 5.14. The average molecular weight is 273 g/mol. The van der Waals surface area contributed by atoms with Crippen molar-refractivity contribution < 1.29 is 14.6 Å². The summed E-state index contributed by atoms with van der Waals surface area (Å²) in [5, 5.41) is 10.2. The van der Waals surface area contributed by atoms with Crippen molar-refractivity contribution >= 4 is 12.0 Å². The highest BCUT2D eigenvalue weighted by Gasteiger charge is 2.52. The van der Waals surface area contributed by atoms with Gasteiger partial charge >= 0.3 is 0 Å². The van der Waals surface area contributed by atoms with Crippen LogP contribution in [0.25, 0.3) is 6.08 Å². The Kier molecular flexibility index (Phi) is 3.26. The number of aliphatic hydroxyl groups is 1. The molecule has 1 aromatic rings. The first kappa shape index (κ1) is 13.2. The third-order valence-electron chi connectivity index (χ3n) is 4.09. The molecule has 1 heterocycles. The van der Waals surface area contributed by atoms with Gasteiger partial charge in [-0.05, 0) is 42.5 Å². The Labute approximate surface area is 118 Å². The van der Waals surface area contributed by atoms with E-state index in [0.717, 1.165) is 24.2 Å². The highest BCUT2D eigenvalue weighted by atomic mass is 16.5. The number of hydrogen-bond acceptors (Lipinski definition) is 3. The number of carbonyl (C=O) groups is 1. The van der Waals surface area contributed by atoms with Crippen molar-refractivity contribution in [2.24, 2.45) is 5.92 Å². The molecule has 1 N–H and O–H groups in total. The van der Waals surface area contributed by atoms with Gasteiger partial charge in [0.05, 0.1) is 20.2 Å². The number of amides is 1. The molecule has 1 aromatic carbocycles. The number of hydrogen-bond donors (Lipinski definition) is 1. The van der Waals surface area contributed by atoms with Gasteiger partial charge in [0.1, 0.15) is 11.4 Å². The summed E-state index contributed by atoms with van der Waals surface area (Å²) >= 11 is 0. The first-order valence-corrected chi connectivity index (χ1v) is 6.94. The lowest BCUT2D eigenvalue weighted by atomic mass is 9.88. The minimum atomic E-state index is -0.612. The number of carbonyl (C=O) groups excluding carboxylic acids is 1. The SMILES string of the molecule is COc1cccc(C=CC(=O)N2CC(O)(C3CC3)C2)c1. The van der Waals surface area contributed by atoms with Crippen LogP contribution in [-0.4, -0.2) is 41.7 Å². The van der Waals surface area contributed by atoms with E-state index in [1.165, 1.54) is 0 Å². The first-order chi connectivity index (χ1) is 9.60. The summed E-state index contributed by atoms with van der Waals surface area (Å²) in [5.41, 5.74) is 0.315. The van der Waals surface area contributed by atoms with E-state index >= 15 is 0 Å². The molecule has 4 nitrogen and oxygen atoms in total. The number of methoxy groups -OCH3 is 1. The molecule has 106 valence electrons. The maximum absolute atomic E-state index is 12.0. The van der Waals surface area contributed by atoms with Crippen LogP contribution in [0.15, 0.2) is 30.3 Å². The maximum atomic E-state index is 12.0. The van der Waals surface area contributed by atoms with Gasteiger partial charge in [0.25, 0.3) is 0 Å². The third-order valence-corrected chi connectivity index (χ3v) is 4.09. The van der Waals surface area contributed by atoms with Gasteiger partial charge in [0.15, 0.2) is 0 Å². The van der Waals surface area contributed by atoms with Crippen LogP contribution in [-0.2, 0) is 4.79 Å². The van der Waals surface area contributed by atoms with Crippen LogP contribution in [0.3, 0.4) is 0 Å². The summed E-state index contributed by atoms with van der Waals surface area (Å²) in [5.74, 6) is 1.14. The van der Waals surface area contributed by atoms with Gasteiger partial charge in [0.2, 0.25) is 5.91 Å². The molecule has 1 aliphatic heterocycles. The number of benzene rings is 1. The molecule has 20 heavy (non-hydrogen) atoms. The second kappa shape index (κ2) is 4.94. The van der Waals surface area contributed by atoms with Crippen LogP contribution >= 0.6 is 0 Å². The number of β-amino-alcohol motifs (C(OH)–C–C–N with tert-alkyl or cyclic N) is 1. The van der Waals surface area contributed by atoms with Crippen molar-refractivity contribution in [2.45, 2.75) is 18.4 Å². The van der Waals surface area contributed by atoms with E-state index in [1.807, 2.05) is 24.3 Å². The van der Waals surface area contributed by atoms with Gasteiger partial charge in [0, 0.05) is 6.08 Å². The Morgan fingerprint density at radius 1 is 1.45 bits per heavy atom. The smallest absolute Gasteiger partial charge is 0.246 e. The molecule has 0 spiro atoms. The summed E-state index contributed by atoms with van der Waals surface area (Å²) in [4.78, 5) is 13.7. The van der Waals surface area contributed by atoms with E-state index in [2.05, 4.69) is 0 Å². The Balaban J connectivity index is 1.57. The predicted octanol–water partition coefficient (Wildman–Crippen LogP) is 1.69. The van der Waals surface area contributed by atoms with Crippen LogP contribution in [0, 0.1) is 5.92 Å². The Morgan fingerprint density at radius 3 is 2.85 bits per heavy atom. The average Bonchev–Trinajstić information content (AvgIpc) is 3.26. The quantitative estimate of drug-likeness (QED) is 0.849. The van der Waals surface area contributed by atoms with E-state index < -0.39 is 5.60 Å². The first-order valence-electron chi connectivity index (χ1n) is 6.94. The molecule has 1 aliphatic carbocycles. The molecule has 0 unspecified atom stereocenters. The molecule has 3 rings (SSSR count). The van der Waals surface area contributed by atoms with E-state index in [-0.39, 0.29) is 5.91 Å². The van der Waals surface area contributed by atoms with Crippen LogP contribution in [0.2, 0.25) is 0 Å². The molecular formula is C16H19NO3. The number of likely N-dealkylation sites (tertiary alicyclic amines) is 1. The minimum absolute atomic E-state index is 0.0434. The zero-order valence-electron chi connectivity index (χ0n) is 11.6. The zero-order valence-corrected chi connectivity index (χ0v) is 11.6. The largest absolute Gasteiger partial charge is 0.497 e. The van der Waals surface area contributed by atoms with Gasteiger partial charge in [-0.25, -0.2) is 0 Å². The third kappa shape index (κ3) is 2.56. The Bertz CT molecular complexity index is 542. The van der Waals surface area contributed by atoms with Gasteiger partial charge in [-0.1, -0.05) is 12.1 Å². The van der Waals surface area contributed by atoms with Crippen molar-refractivity contribution in [1.82, 2.24) is 4.90 Å². The van der Waals surface area contributed by atoms with E-state index in [4.69, 9.17) is 4.74 Å². The monoisotopic (exact) mass is 273 g/mol. The van der Waals surface area contributed by atoms with Crippen LogP contribution < -0.4 is 4.74 Å². The second-order valence-corrected chi connectivity index (χ2v) is 5.68. The fraction of sp³-hybridized carbons (Fsp3) is 0.438. The van der Waals surface area contributed by atoms with Crippen molar-refractivity contribution in [1.29, 1.82) is 0 Å². The number of ether oxygens (including phenoxy) is 1. The molecular weight excluding hydrogens is 254 g/mol. The fourth-order valence-electron chi connectivity index (χ4n) is 2.67. The molecule has 1 saturated carbocycles. The van der Waals surface area contributed by atoms with Crippen LogP contribution in [0.5, 0.6) is 5.75 Å². The molecule has 0 bridgehead atoms. The molecule has 0 aromatic heterocycles. The van der Waals surface area contributed by atoms with Gasteiger partial charge in [-0.3, -0.25) is 4.79 Å². The van der Waals surface area contributed by atoms with Gasteiger partial charge < -0.3 is 14.7 Å². The van der Waals surface area contributed by atoms with Crippen molar-refractivity contribution in [3.63, 3.8) is 0 Å². The molecule has 0 radical (unpaired) electrons. The Morgan fingerprint density at radius 2 is 2.20 bits per heavy atom. The highest BCUT2D eigenvalue weighted by Crippen LogP contribution is 2.44. The summed E-state index contributed by atoms with van der Waals surface area (Å²) in [6.45, 7) is 0.942. The standard InChI is InChI=1S/C16H19NO3/c1-20-14-4-2-3-12(9-14)5-8-15(18)17-10-16(19,11-17)13-6-7-13/h2-5,8-9,13,19H,6-7,10-11H2,1H3. The van der Waals surface area contributed by atoms with Gasteiger partial charge in [-0.2, -0.15) is 0 Å². The molecule has 0 atom stereocenters. The zero-order chi connectivity index (χ0) is 14.2. The van der Waals surface area contributed by atoms with E-state index in [1.54, 1.807) is 24.2 Å². The number of rotatable bonds is 4. The second-order valence-electron chi connectivity index (χ2n) is 5.68. The summed E-state index contributed by atoms with van der Waals surface area (Å²) in [6, 6.07) is 7.55. The van der Waals surface area contributed by atoms with Gasteiger partial charge in [-0.15, -0.1) is 0 Å². The maximum Gasteiger partial charge on any atom is 0.246 e. The van der Waals surface area contributed by atoms with Crippen LogP contribution in [0.1, 0.15) is 18.4 Å². The molecule has 1 saturated heterocycles. The normalized spacial score (nSPS) is 20.8. The molecule has 2 fully saturated rings. The minimum Gasteiger partial charge on any atom is -0.497 e. The van der Waals surface area contributed by atoms with Crippen molar-refractivity contribution in [2.75, 3.05) is 20.2 Å². The van der Waals surface area contributed by atoms with Crippen molar-refractivity contribution in [3.8, 4) is 5.75 Å². The van der Waals surface area contributed by atoms with Crippen molar-refractivity contribution in [3.05, 3.63) is 35.9 Å². The Hall–Kier alpha value is -1.81. The lowest BCUT2D eigenvalue weighted by Crippen LogP contribution is -2.64. The van der Waals surface area contributed by atoms with E-state index in [9.17, 15) is 9.90 Å². The lowest BCUT2D eigenvalue weighted by molar-refractivity contribution is -0.154. The highest BCUT2D eigenvalue weighted by molar-refractivity contribution is 5.92. The fourth-order valence-corrected chi connectivity index (χ4v) is 2.67. The summed E-state index contributed by atoms with van der Waals surface area (Å²) in [6.07, 6.45) is 5.52. The predicted molar refractivity (Wildman–Crippen MR) is 76.3 cm³/mol. The topological polar surface area (TPSA) is 49.8 Å². The molecule has 4 heteroatoms. The van der Waals surface area contributed by atoms with E-state index in [0.29, 0.717) is 19.0 Å². The van der Waals surface area contributed by atoms with Crippen LogP contribution in [0.4, 0.5) is 0 Å². The number of nitrogens with zero attached hydrogens (tertiary/aromatic N) is 1. The summed E-state index contributed by atoms with van der Waals surface area (Å²) in [7, 11) is 1.62. The molecule has 2 aliphatic rings.